The van der Waals surface area contributed by atoms with Crippen LogP contribution in [0.1, 0.15) is 27.2 Å². The number of carbonyl (C=O) groups is 1. The van der Waals surface area contributed by atoms with Gasteiger partial charge in [0.2, 0.25) is 0 Å². The van der Waals surface area contributed by atoms with Gasteiger partial charge in [0.05, 0.1) is 6.21 Å². The predicted molar refractivity (Wildman–Crippen MR) is 61.4 cm³/mol. The Morgan fingerprint density at radius 1 is 1.60 bits per heavy atom. The number of amides is 2. The molecular weight excluding hydrogens is 190 g/mol. The second-order valence-corrected chi connectivity index (χ2v) is 4.43. The molecule has 2 amide bonds. The van der Waals surface area contributed by atoms with Gasteiger partial charge in [0.15, 0.2) is 0 Å². The first kappa shape index (κ1) is 11.5. The molecule has 0 aromatic heterocycles. The first-order valence-electron chi connectivity index (χ1n) is 4.88. The van der Waals surface area contributed by atoms with Crippen molar-refractivity contribution < 1.29 is 4.79 Å². The zero-order chi connectivity index (χ0) is 11.5. The number of hydrogen-bond donors (Lipinski definition) is 2. The Morgan fingerprint density at radius 3 is 2.80 bits per heavy atom. The van der Waals surface area contributed by atoms with Crippen LogP contribution in [0.15, 0.2) is 28.4 Å². The van der Waals surface area contributed by atoms with E-state index in [1.807, 2.05) is 6.08 Å². The molecule has 0 radical (unpaired) electrons. The molecule has 0 atom stereocenters. The monoisotopic (exact) mass is 207 g/mol. The van der Waals surface area contributed by atoms with Gasteiger partial charge in [-0.1, -0.05) is 31.6 Å². The van der Waals surface area contributed by atoms with Crippen LogP contribution < -0.4 is 11.2 Å². The second-order valence-electron chi connectivity index (χ2n) is 4.43. The molecule has 82 valence electrons. The van der Waals surface area contributed by atoms with Gasteiger partial charge in [-0.15, -0.1) is 0 Å². The minimum absolute atomic E-state index is 0.0572. The number of nitrogens with two attached hydrogens (primary N) is 1. The number of allylic oxidation sites excluding steroid dienone is 4. The summed E-state index contributed by atoms with van der Waals surface area (Å²) >= 11 is 0. The van der Waals surface area contributed by atoms with Crippen LogP contribution in [-0.2, 0) is 0 Å². The molecule has 0 fully saturated rings. The lowest BCUT2D eigenvalue weighted by molar-refractivity contribution is 0.249. The fraction of sp³-hybridized carbons (Fsp3) is 0.455. The Bertz CT molecular complexity index is 351. The molecule has 4 nitrogen and oxygen atoms in total. The first-order chi connectivity index (χ1) is 6.92. The van der Waals surface area contributed by atoms with E-state index in [9.17, 15) is 4.79 Å². The number of hydrazone groups is 1. The molecule has 1 rings (SSSR count). The maximum Gasteiger partial charge on any atom is 0.332 e. The van der Waals surface area contributed by atoms with Crippen molar-refractivity contribution in [2.24, 2.45) is 16.3 Å². The number of urea groups is 1. The molecule has 0 aromatic carbocycles. The summed E-state index contributed by atoms with van der Waals surface area (Å²) in [6.45, 7) is 6.39. The van der Waals surface area contributed by atoms with Crippen molar-refractivity contribution in [3.05, 3.63) is 23.3 Å². The van der Waals surface area contributed by atoms with E-state index in [0.29, 0.717) is 0 Å². The lowest BCUT2D eigenvalue weighted by Crippen LogP contribution is -2.25. The van der Waals surface area contributed by atoms with Gasteiger partial charge in [-0.2, -0.15) is 5.10 Å². The third-order valence-electron chi connectivity index (χ3n) is 2.43. The van der Waals surface area contributed by atoms with E-state index in [1.165, 1.54) is 5.57 Å². The third kappa shape index (κ3) is 3.23. The Morgan fingerprint density at radius 2 is 2.27 bits per heavy atom. The Hall–Kier alpha value is -1.58. The van der Waals surface area contributed by atoms with Crippen LogP contribution in [0, 0.1) is 5.41 Å². The zero-order valence-corrected chi connectivity index (χ0v) is 9.37. The van der Waals surface area contributed by atoms with Crippen molar-refractivity contribution in [1.82, 2.24) is 5.43 Å². The molecule has 0 saturated heterocycles. The summed E-state index contributed by atoms with van der Waals surface area (Å²) < 4.78 is 0. The Kier molecular flexibility index (Phi) is 3.29. The smallest absolute Gasteiger partial charge is 0.332 e. The molecule has 3 N–H and O–H groups in total. The van der Waals surface area contributed by atoms with Crippen molar-refractivity contribution in [2.75, 3.05) is 0 Å². The minimum Gasteiger partial charge on any atom is -0.350 e. The number of primary amides is 1. The summed E-state index contributed by atoms with van der Waals surface area (Å²) in [6.07, 6.45) is 6.73. The van der Waals surface area contributed by atoms with E-state index in [0.717, 1.165) is 12.0 Å². The highest BCUT2D eigenvalue weighted by Crippen LogP contribution is 2.35. The van der Waals surface area contributed by atoms with E-state index >= 15 is 0 Å². The van der Waals surface area contributed by atoms with Crippen molar-refractivity contribution in [2.45, 2.75) is 27.2 Å². The van der Waals surface area contributed by atoms with Gasteiger partial charge >= 0.3 is 6.03 Å². The quantitative estimate of drug-likeness (QED) is 0.527. The van der Waals surface area contributed by atoms with Crippen LogP contribution in [0.5, 0.6) is 0 Å². The number of carbonyl (C=O) groups excluding carboxylic acids is 1. The van der Waals surface area contributed by atoms with Gasteiger partial charge in [0, 0.05) is 0 Å². The summed E-state index contributed by atoms with van der Waals surface area (Å²) in [5.74, 6) is 0. The summed E-state index contributed by atoms with van der Waals surface area (Å²) in [5.41, 5.74) is 9.58. The highest BCUT2D eigenvalue weighted by molar-refractivity contribution is 5.83. The van der Waals surface area contributed by atoms with E-state index in [2.05, 4.69) is 37.4 Å². The molecular formula is C11H17N3O. The number of nitrogens with zero attached hydrogens (tertiary/aromatic N) is 1. The molecule has 0 aliphatic heterocycles. The lowest BCUT2D eigenvalue weighted by Gasteiger charge is -2.29. The predicted octanol–water partition coefficient (Wildman–Crippen LogP) is 1.94. The maximum atomic E-state index is 10.4. The summed E-state index contributed by atoms with van der Waals surface area (Å²) in [4.78, 5) is 10.4. The lowest BCUT2D eigenvalue weighted by atomic mass is 9.76. The van der Waals surface area contributed by atoms with Gasteiger partial charge in [-0.05, 0) is 24.3 Å². The molecule has 0 unspecified atom stereocenters. The minimum atomic E-state index is -0.646. The standard InChI is InChI=1S/C11H17N3O/c1-8-4-5-9(11(2,3)6-8)7-13-14-10(12)15/h4-5,7H,6H2,1-3H3,(H3,12,14,15)/b13-7+. The molecule has 4 heteroatoms. The van der Waals surface area contributed by atoms with Gasteiger partial charge in [0.1, 0.15) is 0 Å². The largest absolute Gasteiger partial charge is 0.350 e. The molecule has 1 aliphatic carbocycles. The van der Waals surface area contributed by atoms with E-state index in [-0.39, 0.29) is 5.41 Å². The maximum absolute atomic E-state index is 10.4. The molecule has 1 aliphatic rings. The highest BCUT2D eigenvalue weighted by Gasteiger charge is 2.24. The zero-order valence-electron chi connectivity index (χ0n) is 9.37. The fourth-order valence-corrected chi connectivity index (χ4v) is 1.70. The average Bonchev–Trinajstić information content (AvgIpc) is 2.07. The van der Waals surface area contributed by atoms with Crippen molar-refractivity contribution in [3.63, 3.8) is 0 Å². The van der Waals surface area contributed by atoms with Crippen LogP contribution >= 0.6 is 0 Å². The van der Waals surface area contributed by atoms with Gasteiger partial charge in [0.25, 0.3) is 0 Å². The van der Waals surface area contributed by atoms with Gasteiger partial charge in [-0.25, -0.2) is 10.2 Å². The molecule has 0 spiro atoms. The van der Waals surface area contributed by atoms with Crippen LogP contribution in [-0.4, -0.2) is 12.2 Å². The van der Waals surface area contributed by atoms with Crippen LogP contribution in [0.3, 0.4) is 0 Å². The summed E-state index contributed by atoms with van der Waals surface area (Å²) in [6, 6.07) is -0.646. The molecule has 0 heterocycles. The van der Waals surface area contributed by atoms with Crippen LogP contribution in [0.4, 0.5) is 4.79 Å². The first-order valence-corrected chi connectivity index (χ1v) is 4.88. The molecule has 0 aromatic rings. The molecule has 15 heavy (non-hydrogen) atoms. The normalized spacial score (nSPS) is 19.7. The third-order valence-corrected chi connectivity index (χ3v) is 2.43. The van der Waals surface area contributed by atoms with E-state index in [4.69, 9.17) is 5.73 Å². The molecule has 0 saturated carbocycles. The van der Waals surface area contributed by atoms with Crippen molar-refractivity contribution in [3.8, 4) is 0 Å². The summed E-state index contributed by atoms with van der Waals surface area (Å²) in [7, 11) is 0. The number of hydrogen-bond acceptors (Lipinski definition) is 2. The average molecular weight is 207 g/mol. The molecule has 0 bridgehead atoms. The Balaban J connectivity index is 2.76. The topological polar surface area (TPSA) is 67.5 Å². The highest BCUT2D eigenvalue weighted by atomic mass is 16.2. The Labute approximate surface area is 89.9 Å². The SMILES string of the molecule is CC1=CC=C(/C=N/NC(N)=O)C(C)(C)C1. The van der Waals surface area contributed by atoms with Gasteiger partial charge < -0.3 is 5.73 Å². The van der Waals surface area contributed by atoms with Crippen LogP contribution in [0.2, 0.25) is 0 Å². The number of nitrogens with one attached hydrogen (secondary N) is 1. The second kappa shape index (κ2) is 4.29. The van der Waals surface area contributed by atoms with Crippen molar-refractivity contribution >= 4 is 12.2 Å². The van der Waals surface area contributed by atoms with E-state index in [1.54, 1.807) is 6.21 Å². The number of rotatable bonds is 2. The van der Waals surface area contributed by atoms with Crippen LogP contribution in [0.25, 0.3) is 0 Å². The fourth-order valence-electron chi connectivity index (χ4n) is 1.70. The van der Waals surface area contributed by atoms with Gasteiger partial charge in [-0.3, -0.25) is 0 Å². The van der Waals surface area contributed by atoms with E-state index < -0.39 is 6.03 Å². The van der Waals surface area contributed by atoms with Crippen molar-refractivity contribution in [1.29, 1.82) is 0 Å². The summed E-state index contributed by atoms with van der Waals surface area (Å²) in [5, 5.41) is 3.77.